The lowest BCUT2D eigenvalue weighted by molar-refractivity contribution is 0.0938. The molecule has 0 saturated heterocycles. The van der Waals surface area contributed by atoms with Crippen molar-refractivity contribution in [3.05, 3.63) is 70.4 Å². The van der Waals surface area contributed by atoms with E-state index in [4.69, 9.17) is 9.79 Å². The SMILES string of the molecule is CC(NC(=O)c1cnc(-n2cccn2)[nH]c1=O)c1ccc(P(O)O)cc1. The minimum atomic E-state index is -2.15. The number of aromatic nitrogens is 4. The lowest BCUT2D eigenvalue weighted by Gasteiger charge is -2.15. The number of carbonyl (C=O) groups is 1. The molecular formula is C16H16N5O4P. The molecule has 1 amide bonds. The van der Waals surface area contributed by atoms with E-state index in [0.717, 1.165) is 5.56 Å². The molecule has 0 spiro atoms. The zero-order chi connectivity index (χ0) is 18.7. The second-order valence-corrected chi connectivity index (χ2v) is 6.57. The summed E-state index contributed by atoms with van der Waals surface area (Å²) in [7, 11) is -2.15. The molecule has 0 radical (unpaired) electrons. The molecule has 26 heavy (non-hydrogen) atoms. The number of nitrogens with zero attached hydrogens (tertiary/aromatic N) is 3. The van der Waals surface area contributed by atoms with Crippen LogP contribution < -0.4 is 16.2 Å². The van der Waals surface area contributed by atoms with Gasteiger partial charge >= 0.3 is 0 Å². The van der Waals surface area contributed by atoms with Gasteiger partial charge in [0.2, 0.25) is 5.95 Å². The maximum atomic E-state index is 12.4. The number of H-pyrrole nitrogens is 1. The fraction of sp³-hybridized carbons (Fsp3) is 0.125. The first-order valence-corrected chi connectivity index (χ1v) is 8.88. The number of amides is 1. The van der Waals surface area contributed by atoms with Crippen molar-refractivity contribution in [3.8, 4) is 5.95 Å². The molecule has 10 heteroatoms. The maximum absolute atomic E-state index is 12.4. The van der Waals surface area contributed by atoms with Crippen molar-refractivity contribution in [1.82, 2.24) is 25.1 Å². The second-order valence-electron chi connectivity index (χ2n) is 5.48. The Morgan fingerprint density at radius 1 is 1.31 bits per heavy atom. The number of nitrogens with one attached hydrogen (secondary N) is 2. The fourth-order valence-electron chi connectivity index (χ4n) is 2.31. The van der Waals surface area contributed by atoms with Crippen molar-refractivity contribution in [2.24, 2.45) is 0 Å². The number of carbonyl (C=O) groups excluding carboxylic acids is 1. The third-order valence-corrected chi connectivity index (χ3v) is 4.48. The summed E-state index contributed by atoms with van der Waals surface area (Å²) in [6.07, 6.45) is 4.37. The largest absolute Gasteiger partial charge is 0.347 e. The zero-order valence-corrected chi connectivity index (χ0v) is 14.6. The van der Waals surface area contributed by atoms with E-state index < -0.39 is 19.8 Å². The first-order valence-electron chi connectivity index (χ1n) is 7.64. The van der Waals surface area contributed by atoms with Gasteiger partial charge in [-0.15, -0.1) is 0 Å². The van der Waals surface area contributed by atoms with Crippen LogP contribution in [0.1, 0.15) is 28.9 Å². The minimum Gasteiger partial charge on any atom is -0.347 e. The molecule has 1 atom stereocenters. The van der Waals surface area contributed by atoms with Gasteiger partial charge in [-0.25, -0.2) is 9.67 Å². The fourth-order valence-corrected chi connectivity index (χ4v) is 2.73. The molecule has 2 aromatic heterocycles. The van der Waals surface area contributed by atoms with Crippen LogP contribution in [0.15, 0.2) is 53.7 Å². The van der Waals surface area contributed by atoms with Crippen LogP contribution >= 0.6 is 8.38 Å². The Kier molecular flexibility index (Phi) is 5.22. The monoisotopic (exact) mass is 373 g/mol. The first kappa shape index (κ1) is 17.9. The summed E-state index contributed by atoms with van der Waals surface area (Å²) < 4.78 is 1.38. The average molecular weight is 373 g/mol. The molecule has 0 aliphatic carbocycles. The molecule has 4 N–H and O–H groups in total. The summed E-state index contributed by atoms with van der Waals surface area (Å²) in [5.41, 5.74) is 0.0758. The Balaban J connectivity index is 1.74. The Morgan fingerprint density at radius 3 is 2.62 bits per heavy atom. The molecule has 0 bridgehead atoms. The molecule has 0 saturated carbocycles. The maximum Gasteiger partial charge on any atom is 0.265 e. The van der Waals surface area contributed by atoms with E-state index in [9.17, 15) is 9.59 Å². The van der Waals surface area contributed by atoms with E-state index in [-0.39, 0.29) is 17.6 Å². The summed E-state index contributed by atoms with van der Waals surface area (Å²) in [5.74, 6) is -0.349. The lowest BCUT2D eigenvalue weighted by atomic mass is 10.1. The summed E-state index contributed by atoms with van der Waals surface area (Å²) in [6.45, 7) is 1.76. The Hall–Kier alpha value is -2.87. The Bertz CT molecular complexity index is 954. The van der Waals surface area contributed by atoms with Crippen molar-refractivity contribution in [1.29, 1.82) is 0 Å². The molecule has 3 aromatic rings. The number of benzene rings is 1. The van der Waals surface area contributed by atoms with Gasteiger partial charge in [0, 0.05) is 23.9 Å². The van der Waals surface area contributed by atoms with Crippen molar-refractivity contribution >= 4 is 19.6 Å². The number of hydrogen-bond acceptors (Lipinski definition) is 6. The third-order valence-electron chi connectivity index (χ3n) is 3.72. The van der Waals surface area contributed by atoms with Crippen LogP contribution in [0.3, 0.4) is 0 Å². The quantitative estimate of drug-likeness (QED) is 0.478. The first-order chi connectivity index (χ1) is 12.5. The van der Waals surface area contributed by atoms with Crippen LogP contribution in [0.5, 0.6) is 0 Å². The summed E-state index contributed by atoms with van der Waals surface area (Å²) in [5, 5.41) is 7.09. The highest BCUT2D eigenvalue weighted by atomic mass is 31.2. The molecule has 0 aliphatic rings. The summed E-state index contributed by atoms with van der Waals surface area (Å²) in [6, 6.07) is 7.83. The minimum absolute atomic E-state index is 0.112. The molecule has 0 aliphatic heterocycles. The second kappa shape index (κ2) is 7.57. The number of rotatable bonds is 5. The Labute approximate surface area is 149 Å². The van der Waals surface area contributed by atoms with Crippen molar-refractivity contribution in [2.75, 3.05) is 0 Å². The highest BCUT2D eigenvalue weighted by molar-refractivity contribution is 7.54. The summed E-state index contributed by atoms with van der Waals surface area (Å²) in [4.78, 5) is 49.4. The molecule has 1 unspecified atom stereocenters. The number of hydrogen-bond donors (Lipinski definition) is 4. The normalized spacial score (nSPS) is 12.2. The van der Waals surface area contributed by atoms with Crippen LogP contribution in [0, 0.1) is 0 Å². The van der Waals surface area contributed by atoms with Crippen LogP contribution in [-0.2, 0) is 0 Å². The lowest BCUT2D eigenvalue weighted by Crippen LogP contribution is -2.32. The molecule has 134 valence electrons. The average Bonchev–Trinajstić information content (AvgIpc) is 3.16. The highest BCUT2D eigenvalue weighted by Crippen LogP contribution is 2.22. The van der Waals surface area contributed by atoms with Crippen LogP contribution in [0.4, 0.5) is 0 Å². The van der Waals surface area contributed by atoms with E-state index in [1.165, 1.54) is 10.9 Å². The van der Waals surface area contributed by atoms with Crippen molar-refractivity contribution in [3.63, 3.8) is 0 Å². The third kappa shape index (κ3) is 3.85. The standard InChI is InChI=1S/C16H16N5O4P/c1-10(11-3-5-12(6-4-11)26(24)25)19-14(22)13-9-17-16(20-15(13)23)21-8-2-7-18-21/h2-10,24-25H,1H3,(H,19,22)(H,17,20,23). The Morgan fingerprint density at radius 2 is 2.04 bits per heavy atom. The molecular weight excluding hydrogens is 357 g/mol. The smallest absolute Gasteiger partial charge is 0.265 e. The van der Waals surface area contributed by atoms with Gasteiger partial charge < -0.3 is 15.1 Å². The van der Waals surface area contributed by atoms with Gasteiger partial charge in [0.25, 0.3) is 11.5 Å². The predicted molar refractivity (Wildman–Crippen MR) is 95.3 cm³/mol. The van der Waals surface area contributed by atoms with Gasteiger partial charge in [-0.2, -0.15) is 5.10 Å². The predicted octanol–water partition coefficient (Wildman–Crippen LogP) is 0.368. The highest BCUT2D eigenvalue weighted by Gasteiger charge is 2.16. The van der Waals surface area contributed by atoms with E-state index in [1.54, 1.807) is 49.6 Å². The van der Waals surface area contributed by atoms with Gasteiger partial charge in [0.05, 0.1) is 6.04 Å². The van der Waals surface area contributed by atoms with Gasteiger partial charge in [-0.05, 0) is 30.7 Å². The van der Waals surface area contributed by atoms with Crippen LogP contribution in [-0.4, -0.2) is 35.4 Å². The van der Waals surface area contributed by atoms with Crippen LogP contribution in [0.25, 0.3) is 5.95 Å². The van der Waals surface area contributed by atoms with Crippen molar-refractivity contribution < 1.29 is 14.6 Å². The van der Waals surface area contributed by atoms with Gasteiger partial charge in [-0.1, -0.05) is 12.1 Å². The van der Waals surface area contributed by atoms with E-state index >= 15 is 0 Å². The van der Waals surface area contributed by atoms with Gasteiger partial charge in [0.15, 0.2) is 8.38 Å². The van der Waals surface area contributed by atoms with E-state index in [2.05, 4.69) is 20.4 Å². The topological polar surface area (TPSA) is 133 Å². The summed E-state index contributed by atoms with van der Waals surface area (Å²) >= 11 is 0. The zero-order valence-electron chi connectivity index (χ0n) is 13.7. The molecule has 2 heterocycles. The van der Waals surface area contributed by atoms with E-state index in [0.29, 0.717) is 5.30 Å². The van der Waals surface area contributed by atoms with E-state index in [1.807, 2.05) is 0 Å². The van der Waals surface area contributed by atoms with Gasteiger partial charge in [-0.3, -0.25) is 14.6 Å². The number of aromatic amines is 1. The molecule has 9 nitrogen and oxygen atoms in total. The van der Waals surface area contributed by atoms with Gasteiger partial charge in [0.1, 0.15) is 5.56 Å². The molecule has 3 rings (SSSR count). The van der Waals surface area contributed by atoms with Crippen LogP contribution in [0.2, 0.25) is 0 Å². The molecule has 0 fully saturated rings. The molecule has 1 aromatic carbocycles. The van der Waals surface area contributed by atoms with Crippen molar-refractivity contribution in [2.45, 2.75) is 13.0 Å².